The van der Waals surface area contributed by atoms with Crippen LogP contribution in [0.15, 0.2) is 53.5 Å². The van der Waals surface area contributed by atoms with Gasteiger partial charge in [-0.1, -0.05) is 6.07 Å². The molecule has 4 aromatic rings. The van der Waals surface area contributed by atoms with Gasteiger partial charge in [0.25, 0.3) is 5.91 Å². The molecule has 0 radical (unpaired) electrons. The Labute approximate surface area is 154 Å². The van der Waals surface area contributed by atoms with Crippen LogP contribution in [0.25, 0.3) is 22.4 Å². The largest absolute Gasteiger partial charge is 0.443 e. The number of benzene rings is 1. The van der Waals surface area contributed by atoms with E-state index in [9.17, 15) is 4.79 Å². The first kappa shape index (κ1) is 15.7. The summed E-state index contributed by atoms with van der Waals surface area (Å²) in [6, 6.07) is 9.60. The zero-order chi connectivity index (χ0) is 18.2. The zero-order valence-corrected chi connectivity index (χ0v) is 14.4. The number of carbonyl (C=O) groups is 1. The molecule has 3 aromatic heterocycles. The molecule has 1 amide bonds. The number of H-pyrrole nitrogens is 1. The summed E-state index contributed by atoms with van der Waals surface area (Å²) in [5, 5.41) is 14.7. The average molecular weight is 360 g/mol. The Kier molecular flexibility index (Phi) is 3.67. The minimum atomic E-state index is -0.0409. The van der Waals surface area contributed by atoms with Crippen LogP contribution in [0.3, 0.4) is 0 Å². The Morgan fingerprint density at radius 2 is 2.19 bits per heavy atom. The molecule has 0 spiro atoms. The molecular weight excluding hydrogens is 344 g/mol. The molecular formula is C19H16N6O2. The van der Waals surface area contributed by atoms with Crippen LogP contribution in [0.1, 0.15) is 28.4 Å². The summed E-state index contributed by atoms with van der Waals surface area (Å²) >= 11 is 0. The van der Waals surface area contributed by atoms with Gasteiger partial charge in [-0.05, 0) is 36.2 Å². The van der Waals surface area contributed by atoms with E-state index in [1.165, 1.54) is 12.0 Å². The molecule has 8 nitrogen and oxygen atoms in total. The molecule has 27 heavy (non-hydrogen) atoms. The molecule has 1 fully saturated rings. The highest BCUT2D eigenvalue weighted by atomic mass is 16.3. The van der Waals surface area contributed by atoms with Gasteiger partial charge in [0.15, 0.2) is 12.0 Å². The van der Waals surface area contributed by atoms with Crippen LogP contribution in [0.4, 0.5) is 0 Å². The van der Waals surface area contributed by atoms with E-state index in [2.05, 4.69) is 31.4 Å². The number of carbonyl (C=O) groups excluding carboxylic acids is 1. The number of aromatic amines is 1. The van der Waals surface area contributed by atoms with Gasteiger partial charge in [-0.2, -0.15) is 15.3 Å². The van der Waals surface area contributed by atoms with Gasteiger partial charge in [-0.25, -0.2) is 4.98 Å². The van der Waals surface area contributed by atoms with Crippen LogP contribution in [0.5, 0.6) is 0 Å². The van der Waals surface area contributed by atoms with Crippen molar-refractivity contribution in [1.29, 1.82) is 0 Å². The van der Waals surface area contributed by atoms with E-state index in [0.29, 0.717) is 30.4 Å². The summed E-state index contributed by atoms with van der Waals surface area (Å²) in [4.78, 5) is 18.9. The van der Waals surface area contributed by atoms with E-state index < -0.39 is 0 Å². The number of rotatable bonds is 3. The summed E-state index contributed by atoms with van der Waals surface area (Å²) in [7, 11) is 0. The van der Waals surface area contributed by atoms with Gasteiger partial charge >= 0.3 is 0 Å². The van der Waals surface area contributed by atoms with Gasteiger partial charge in [0.2, 0.25) is 0 Å². The van der Waals surface area contributed by atoms with Crippen molar-refractivity contribution in [2.45, 2.75) is 12.3 Å². The number of likely N-dealkylation sites (tertiary alicyclic amines) is 1. The van der Waals surface area contributed by atoms with Crippen molar-refractivity contribution in [2.75, 3.05) is 13.1 Å². The Bertz CT molecular complexity index is 1100. The third-order valence-corrected chi connectivity index (χ3v) is 4.99. The summed E-state index contributed by atoms with van der Waals surface area (Å²) in [5.41, 5.74) is 4.79. The fraction of sp³-hybridized carbons (Fsp3) is 0.211. The second-order valence-electron chi connectivity index (χ2n) is 6.61. The van der Waals surface area contributed by atoms with Crippen LogP contribution in [0.2, 0.25) is 0 Å². The van der Waals surface area contributed by atoms with Crippen molar-refractivity contribution in [3.8, 4) is 11.3 Å². The first-order valence-electron chi connectivity index (χ1n) is 8.73. The molecule has 4 heterocycles. The number of hydrogen-bond acceptors (Lipinski definition) is 6. The van der Waals surface area contributed by atoms with Gasteiger partial charge in [0, 0.05) is 24.6 Å². The second-order valence-corrected chi connectivity index (χ2v) is 6.61. The number of nitrogens with zero attached hydrogens (tertiary/aromatic N) is 5. The highest BCUT2D eigenvalue weighted by Crippen LogP contribution is 2.30. The van der Waals surface area contributed by atoms with Crippen molar-refractivity contribution in [3.05, 3.63) is 60.4 Å². The van der Waals surface area contributed by atoms with Gasteiger partial charge in [0.1, 0.15) is 11.2 Å². The molecule has 1 N–H and O–H groups in total. The number of aromatic nitrogens is 5. The summed E-state index contributed by atoms with van der Waals surface area (Å²) in [6.45, 7) is 1.39. The fourth-order valence-electron chi connectivity index (χ4n) is 3.54. The highest BCUT2D eigenvalue weighted by molar-refractivity contribution is 5.93. The van der Waals surface area contributed by atoms with Crippen molar-refractivity contribution < 1.29 is 9.21 Å². The summed E-state index contributed by atoms with van der Waals surface area (Å²) in [6.07, 6.45) is 5.59. The van der Waals surface area contributed by atoms with E-state index >= 15 is 0 Å². The molecule has 134 valence electrons. The monoisotopic (exact) mass is 360 g/mol. The second kappa shape index (κ2) is 6.31. The standard InChI is InChI=1S/C19H16N6O2/c26-19(17-8-15(23-24-17)13-3-5-21-22-9-13)25-6-4-14(10-25)12-1-2-18-16(7-12)20-11-27-18/h1-3,5,7-9,11,14H,4,6,10H2,(H,23,24). The predicted octanol–water partition coefficient (Wildman–Crippen LogP) is 2.64. The molecule has 0 bridgehead atoms. The van der Waals surface area contributed by atoms with Gasteiger partial charge in [0.05, 0.1) is 18.1 Å². The van der Waals surface area contributed by atoms with Gasteiger partial charge in [-0.15, -0.1) is 0 Å². The molecule has 1 saturated heterocycles. The molecule has 5 rings (SSSR count). The van der Waals surface area contributed by atoms with E-state index in [4.69, 9.17) is 4.42 Å². The van der Waals surface area contributed by atoms with Crippen LogP contribution in [-0.2, 0) is 0 Å². The molecule has 1 unspecified atom stereocenters. The predicted molar refractivity (Wildman–Crippen MR) is 96.9 cm³/mol. The van der Waals surface area contributed by atoms with E-state index in [1.807, 2.05) is 23.1 Å². The number of oxazole rings is 1. The molecule has 1 aromatic carbocycles. The molecule has 0 saturated carbocycles. The zero-order valence-electron chi connectivity index (χ0n) is 14.4. The number of nitrogens with one attached hydrogen (secondary N) is 1. The number of fused-ring (bicyclic) bond motifs is 1. The minimum Gasteiger partial charge on any atom is -0.443 e. The Morgan fingerprint density at radius 3 is 3.07 bits per heavy atom. The summed E-state index contributed by atoms with van der Waals surface area (Å²) < 4.78 is 5.30. The highest BCUT2D eigenvalue weighted by Gasteiger charge is 2.29. The Morgan fingerprint density at radius 1 is 1.22 bits per heavy atom. The quantitative estimate of drug-likeness (QED) is 0.603. The lowest BCUT2D eigenvalue weighted by atomic mass is 9.98. The van der Waals surface area contributed by atoms with Crippen molar-refractivity contribution in [1.82, 2.24) is 30.3 Å². The maximum Gasteiger partial charge on any atom is 0.271 e. The lowest BCUT2D eigenvalue weighted by Crippen LogP contribution is -2.28. The minimum absolute atomic E-state index is 0.0409. The fourth-order valence-corrected chi connectivity index (χ4v) is 3.54. The van der Waals surface area contributed by atoms with Gasteiger partial charge in [-0.3, -0.25) is 9.89 Å². The van der Waals surface area contributed by atoms with Gasteiger partial charge < -0.3 is 9.32 Å². The van der Waals surface area contributed by atoms with Crippen LogP contribution >= 0.6 is 0 Å². The SMILES string of the molecule is O=C(c1cc(-c2ccnnc2)n[nH]1)N1CCC(c2ccc3ocnc3c2)C1. The Hall–Kier alpha value is -3.55. The first-order valence-corrected chi connectivity index (χ1v) is 8.73. The van der Waals surface area contributed by atoms with Crippen LogP contribution < -0.4 is 0 Å². The van der Waals surface area contributed by atoms with E-state index in [1.54, 1.807) is 18.5 Å². The van der Waals surface area contributed by atoms with E-state index in [-0.39, 0.29) is 5.91 Å². The average Bonchev–Trinajstić information content (AvgIpc) is 3.47. The number of hydrogen-bond donors (Lipinski definition) is 1. The lowest BCUT2D eigenvalue weighted by Gasteiger charge is -2.15. The smallest absolute Gasteiger partial charge is 0.271 e. The third-order valence-electron chi connectivity index (χ3n) is 4.99. The lowest BCUT2D eigenvalue weighted by molar-refractivity contribution is 0.0785. The van der Waals surface area contributed by atoms with Crippen LogP contribution in [-0.4, -0.2) is 49.3 Å². The summed E-state index contributed by atoms with van der Waals surface area (Å²) in [5.74, 6) is 0.252. The van der Waals surface area contributed by atoms with Crippen molar-refractivity contribution in [3.63, 3.8) is 0 Å². The molecule has 0 aliphatic carbocycles. The molecule has 1 aliphatic rings. The maximum atomic E-state index is 12.8. The van der Waals surface area contributed by atoms with E-state index in [0.717, 1.165) is 23.1 Å². The molecule has 8 heteroatoms. The first-order chi connectivity index (χ1) is 13.3. The van der Waals surface area contributed by atoms with Crippen LogP contribution in [0, 0.1) is 0 Å². The van der Waals surface area contributed by atoms with Crippen molar-refractivity contribution in [2.24, 2.45) is 0 Å². The normalized spacial score (nSPS) is 16.9. The third kappa shape index (κ3) is 2.84. The maximum absolute atomic E-state index is 12.8. The Balaban J connectivity index is 1.32. The molecule has 1 aliphatic heterocycles. The topological polar surface area (TPSA) is 101 Å². The van der Waals surface area contributed by atoms with Crippen molar-refractivity contribution >= 4 is 17.0 Å². The number of amides is 1. The molecule has 1 atom stereocenters.